The first kappa shape index (κ1) is 6.62. The molecule has 0 aliphatic carbocycles. The standard InChI is InChI=1S/C7H13NO/c1-9-6-4-7-3-2-5-8-7/h4,6-8H,2-3,5H2,1H3/b6-4+. The van der Waals surface area contributed by atoms with Crippen molar-refractivity contribution in [2.45, 2.75) is 18.9 Å². The molecule has 0 amide bonds. The highest BCUT2D eigenvalue weighted by atomic mass is 16.5. The zero-order valence-corrected chi connectivity index (χ0v) is 5.76. The predicted octanol–water partition coefficient (Wildman–Crippen LogP) is 0.899. The molecule has 52 valence electrons. The van der Waals surface area contributed by atoms with Gasteiger partial charge in [-0.05, 0) is 25.5 Å². The molecule has 0 spiro atoms. The fourth-order valence-corrected chi connectivity index (χ4v) is 1.05. The third kappa shape index (κ3) is 2.06. The molecule has 1 rings (SSSR count). The van der Waals surface area contributed by atoms with Crippen LogP contribution in [0.5, 0.6) is 0 Å². The van der Waals surface area contributed by atoms with Crippen LogP contribution in [0.4, 0.5) is 0 Å². The van der Waals surface area contributed by atoms with E-state index in [1.54, 1.807) is 13.4 Å². The van der Waals surface area contributed by atoms with Crippen LogP contribution in [0.25, 0.3) is 0 Å². The SMILES string of the molecule is CO/C=C/C1CCCN1. The van der Waals surface area contributed by atoms with E-state index in [1.807, 2.05) is 0 Å². The number of rotatable bonds is 2. The van der Waals surface area contributed by atoms with Gasteiger partial charge in [0.15, 0.2) is 0 Å². The highest BCUT2D eigenvalue weighted by molar-refractivity contribution is 4.92. The Hall–Kier alpha value is -0.500. The van der Waals surface area contributed by atoms with Gasteiger partial charge in [-0.2, -0.15) is 0 Å². The summed E-state index contributed by atoms with van der Waals surface area (Å²) < 4.78 is 4.78. The molecule has 1 atom stereocenters. The van der Waals surface area contributed by atoms with Gasteiger partial charge in [0.1, 0.15) is 0 Å². The lowest BCUT2D eigenvalue weighted by atomic mass is 10.2. The number of methoxy groups -OCH3 is 1. The van der Waals surface area contributed by atoms with Crippen molar-refractivity contribution in [1.29, 1.82) is 0 Å². The molecule has 1 N–H and O–H groups in total. The third-order valence-corrected chi connectivity index (χ3v) is 1.55. The number of ether oxygens (including phenoxy) is 1. The summed E-state index contributed by atoms with van der Waals surface area (Å²) in [7, 11) is 1.67. The lowest BCUT2D eigenvalue weighted by molar-refractivity contribution is 0.335. The molecule has 0 bridgehead atoms. The van der Waals surface area contributed by atoms with E-state index in [-0.39, 0.29) is 0 Å². The molecule has 1 unspecified atom stereocenters. The summed E-state index contributed by atoms with van der Waals surface area (Å²) in [6.45, 7) is 1.15. The lowest BCUT2D eigenvalue weighted by Gasteiger charge is -2.00. The predicted molar refractivity (Wildman–Crippen MR) is 37.2 cm³/mol. The van der Waals surface area contributed by atoms with Crippen molar-refractivity contribution in [3.63, 3.8) is 0 Å². The van der Waals surface area contributed by atoms with Crippen LogP contribution >= 0.6 is 0 Å². The van der Waals surface area contributed by atoms with Gasteiger partial charge in [-0.25, -0.2) is 0 Å². The van der Waals surface area contributed by atoms with E-state index in [1.165, 1.54) is 12.8 Å². The minimum Gasteiger partial charge on any atom is -0.505 e. The molecule has 0 aromatic heterocycles. The molecule has 1 aliphatic heterocycles. The highest BCUT2D eigenvalue weighted by Gasteiger charge is 2.09. The van der Waals surface area contributed by atoms with Crippen molar-refractivity contribution < 1.29 is 4.74 Å². The van der Waals surface area contributed by atoms with Crippen molar-refractivity contribution in [3.05, 3.63) is 12.3 Å². The van der Waals surface area contributed by atoms with Gasteiger partial charge >= 0.3 is 0 Å². The second-order valence-corrected chi connectivity index (χ2v) is 2.27. The van der Waals surface area contributed by atoms with E-state index < -0.39 is 0 Å². The van der Waals surface area contributed by atoms with Crippen LogP contribution in [0.1, 0.15) is 12.8 Å². The smallest absolute Gasteiger partial charge is 0.0800 e. The minimum absolute atomic E-state index is 0.560. The second kappa shape index (κ2) is 3.51. The first-order valence-corrected chi connectivity index (χ1v) is 3.36. The summed E-state index contributed by atoms with van der Waals surface area (Å²) in [5.74, 6) is 0. The van der Waals surface area contributed by atoms with Gasteiger partial charge < -0.3 is 10.1 Å². The number of hydrogen-bond donors (Lipinski definition) is 1. The first-order chi connectivity index (χ1) is 4.43. The largest absolute Gasteiger partial charge is 0.505 e. The topological polar surface area (TPSA) is 21.3 Å². The zero-order valence-electron chi connectivity index (χ0n) is 5.76. The molecule has 2 nitrogen and oxygen atoms in total. The Labute approximate surface area is 55.9 Å². The van der Waals surface area contributed by atoms with Crippen LogP contribution in [0, 0.1) is 0 Å². The average Bonchev–Trinajstić information content (AvgIpc) is 2.34. The molecule has 0 aromatic carbocycles. The molecule has 0 radical (unpaired) electrons. The molecule has 1 aliphatic rings. The minimum atomic E-state index is 0.560. The normalized spacial score (nSPS) is 27.4. The Kier molecular flexibility index (Phi) is 2.58. The third-order valence-electron chi connectivity index (χ3n) is 1.55. The Morgan fingerprint density at radius 3 is 3.11 bits per heavy atom. The molecule has 1 fully saturated rings. The number of nitrogens with one attached hydrogen (secondary N) is 1. The molecular formula is C7H13NO. The van der Waals surface area contributed by atoms with Gasteiger partial charge in [0, 0.05) is 6.04 Å². The Morgan fingerprint density at radius 1 is 1.67 bits per heavy atom. The van der Waals surface area contributed by atoms with Crippen molar-refractivity contribution >= 4 is 0 Å². The molecule has 2 heteroatoms. The summed E-state index contributed by atoms with van der Waals surface area (Å²) in [6, 6.07) is 0.560. The maximum Gasteiger partial charge on any atom is 0.0800 e. The van der Waals surface area contributed by atoms with Crippen molar-refractivity contribution in [2.24, 2.45) is 0 Å². The average molecular weight is 127 g/mol. The van der Waals surface area contributed by atoms with Gasteiger partial charge in [-0.1, -0.05) is 0 Å². The highest BCUT2D eigenvalue weighted by Crippen LogP contribution is 2.05. The van der Waals surface area contributed by atoms with E-state index >= 15 is 0 Å². The summed E-state index contributed by atoms with van der Waals surface area (Å²) in [4.78, 5) is 0. The summed E-state index contributed by atoms with van der Waals surface area (Å²) in [5, 5.41) is 3.32. The van der Waals surface area contributed by atoms with E-state index in [9.17, 15) is 0 Å². The van der Waals surface area contributed by atoms with Gasteiger partial charge in [0.05, 0.1) is 13.4 Å². The van der Waals surface area contributed by atoms with Gasteiger partial charge in [0.25, 0.3) is 0 Å². The monoisotopic (exact) mass is 127 g/mol. The fraction of sp³-hybridized carbons (Fsp3) is 0.714. The summed E-state index contributed by atoms with van der Waals surface area (Å²) >= 11 is 0. The van der Waals surface area contributed by atoms with E-state index in [4.69, 9.17) is 4.74 Å². The van der Waals surface area contributed by atoms with Crippen LogP contribution in [0.2, 0.25) is 0 Å². The van der Waals surface area contributed by atoms with E-state index in [0.29, 0.717) is 6.04 Å². The Balaban J connectivity index is 2.18. The van der Waals surface area contributed by atoms with Crippen molar-refractivity contribution in [2.75, 3.05) is 13.7 Å². The first-order valence-electron chi connectivity index (χ1n) is 3.36. The molecule has 0 saturated carbocycles. The molecule has 1 heterocycles. The summed E-state index contributed by atoms with van der Waals surface area (Å²) in [5.41, 5.74) is 0. The van der Waals surface area contributed by atoms with E-state index in [0.717, 1.165) is 6.54 Å². The molecular weight excluding hydrogens is 114 g/mol. The molecule has 9 heavy (non-hydrogen) atoms. The number of hydrogen-bond acceptors (Lipinski definition) is 2. The lowest BCUT2D eigenvalue weighted by Crippen LogP contribution is -2.18. The van der Waals surface area contributed by atoms with E-state index in [2.05, 4.69) is 11.4 Å². The fourth-order valence-electron chi connectivity index (χ4n) is 1.05. The van der Waals surface area contributed by atoms with Crippen LogP contribution in [-0.4, -0.2) is 19.7 Å². The molecule has 0 aromatic rings. The molecule has 1 saturated heterocycles. The van der Waals surface area contributed by atoms with Crippen LogP contribution in [-0.2, 0) is 4.74 Å². The Bertz CT molecular complexity index is 95.1. The Morgan fingerprint density at radius 2 is 2.56 bits per heavy atom. The van der Waals surface area contributed by atoms with Crippen LogP contribution in [0.15, 0.2) is 12.3 Å². The van der Waals surface area contributed by atoms with Crippen LogP contribution in [0.3, 0.4) is 0 Å². The zero-order chi connectivity index (χ0) is 6.53. The second-order valence-electron chi connectivity index (χ2n) is 2.27. The van der Waals surface area contributed by atoms with Gasteiger partial charge in [0.2, 0.25) is 0 Å². The van der Waals surface area contributed by atoms with Gasteiger partial charge in [-0.15, -0.1) is 0 Å². The summed E-state index contributed by atoms with van der Waals surface area (Å²) in [6.07, 6.45) is 6.34. The van der Waals surface area contributed by atoms with Crippen molar-refractivity contribution in [1.82, 2.24) is 5.32 Å². The van der Waals surface area contributed by atoms with Gasteiger partial charge in [-0.3, -0.25) is 0 Å². The maximum atomic E-state index is 4.78. The van der Waals surface area contributed by atoms with Crippen LogP contribution < -0.4 is 5.32 Å². The quantitative estimate of drug-likeness (QED) is 0.556. The maximum absolute atomic E-state index is 4.78. The van der Waals surface area contributed by atoms with Crippen molar-refractivity contribution in [3.8, 4) is 0 Å².